The SMILES string of the molecule is C[C@](C#N)(NC(=O)COC(=O)/C=C/c1ccccc1[N+](=O)[O-])C1CC1. The number of benzene rings is 1. The Morgan fingerprint density at radius 3 is 2.76 bits per heavy atom. The first-order valence-corrected chi connectivity index (χ1v) is 7.66. The summed E-state index contributed by atoms with van der Waals surface area (Å²) in [6, 6.07) is 8.00. The lowest BCUT2D eigenvalue weighted by Crippen LogP contribution is -2.48. The molecule has 0 spiro atoms. The van der Waals surface area contributed by atoms with Gasteiger partial charge in [-0.25, -0.2) is 4.79 Å². The number of carbonyl (C=O) groups is 2. The second-order valence-corrected chi connectivity index (χ2v) is 5.89. The molecule has 1 aliphatic rings. The number of para-hydroxylation sites is 1. The van der Waals surface area contributed by atoms with Crippen molar-refractivity contribution in [3.8, 4) is 6.07 Å². The Hall–Kier alpha value is -3.21. The fraction of sp³-hybridized carbons (Fsp3) is 0.353. The molecule has 0 unspecified atom stereocenters. The summed E-state index contributed by atoms with van der Waals surface area (Å²) in [4.78, 5) is 33.8. The molecule has 0 radical (unpaired) electrons. The molecule has 0 aromatic heterocycles. The molecule has 1 amide bonds. The number of nitro groups is 1. The van der Waals surface area contributed by atoms with Gasteiger partial charge in [-0.15, -0.1) is 0 Å². The quantitative estimate of drug-likeness (QED) is 0.349. The van der Waals surface area contributed by atoms with Crippen LogP contribution in [-0.4, -0.2) is 28.9 Å². The van der Waals surface area contributed by atoms with E-state index in [0.717, 1.165) is 18.9 Å². The molecule has 0 bridgehead atoms. The third-order valence-electron chi connectivity index (χ3n) is 3.90. The lowest BCUT2D eigenvalue weighted by Gasteiger charge is -2.22. The number of ether oxygens (including phenoxy) is 1. The largest absolute Gasteiger partial charge is 0.452 e. The topological polar surface area (TPSA) is 122 Å². The highest BCUT2D eigenvalue weighted by molar-refractivity contribution is 5.90. The molecule has 1 saturated carbocycles. The summed E-state index contributed by atoms with van der Waals surface area (Å²) in [6.45, 7) is 1.11. The molecule has 0 aliphatic heterocycles. The molecule has 8 heteroatoms. The Labute approximate surface area is 144 Å². The van der Waals surface area contributed by atoms with Crippen molar-refractivity contribution in [2.45, 2.75) is 25.3 Å². The smallest absolute Gasteiger partial charge is 0.331 e. The number of amides is 1. The zero-order valence-electron chi connectivity index (χ0n) is 13.6. The van der Waals surface area contributed by atoms with Gasteiger partial charge in [-0.2, -0.15) is 5.26 Å². The summed E-state index contributed by atoms with van der Waals surface area (Å²) >= 11 is 0. The summed E-state index contributed by atoms with van der Waals surface area (Å²) in [5.74, 6) is -1.25. The molecule has 8 nitrogen and oxygen atoms in total. The Kier molecular flexibility index (Phi) is 5.49. The zero-order chi connectivity index (χ0) is 18.4. The standard InChI is InChI=1S/C17H17N3O5/c1-17(11-18,13-7-8-13)19-15(21)10-25-16(22)9-6-12-4-2-3-5-14(12)20(23)24/h2-6,9,13H,7-8,10H2,1H3,(H,19,21)/b9-6+/t17-/m1/s1. The van der Waals surface area contributed by atoms with E-state index in [1.807, 2.05) is 0 Å². The van der Waals surface area contributed by atoms with E-state index in [1.165, 1.54) is 24.3 Å². The molecule has 0 saturated heterocycles. The van der Waals surface area contributed by atoms with Gasteiger partial charge in [0.05, 0.1) is 16.6 Å². The van der Waals surface area contributed by atoms with Gasteiger partial charge in [-0.3, -0.25) is 14.9 Å². The van der Waals surface area contributed by atoms with E-state index in [9.17, 15) is 19.7 Å². The maximum absolute atomic E-state index is 11.8. The van der Waals surface area contributed by atoms with Gasteiger partial charge in [0.2, 0.25) is 0 Å². The minimum absolute atomic E-state index is 0.121. The molecule has 1 aliphatic carbocycles. The molecule has 0 heterocycles. The molecular formula is C17H17N3O5. The van der Waals surface area contributed by atoms with Crippen LogP contribution in [0.4, 0.5) is 5.69 Å². The van der Waals surface area contributed by atoms with Gasteiger partial charge in [-0.05, 0) is 37.8 Å². The number of nitrogens with zero attached hydrogens (tertiary/aromatic N) is 2. The zero-order valence-corrected chi connectivity index (χ0v) is 13.6. The van der Waals surface area contributed by atoms with Gasteiger partial charge in [0.25, 0.3) is 11.6 Å². The van der Waals surface area contributed by atoms with Crippen molar-refractivity contribution >= 4 is 23.6 Å². The van der Waals surface area contributed by atoms with Gasteiger partial charge in [0, 0.05) is 12.1 Å². The first-order chi connectivity index (χ1) is 11.9. The molecule has 1 aromatic carbocycles. The molecule has 1 N–H and O–H groups in total. The van der Waals surface area contributed by atoms with Crippen molar-refractivity contribution in [2.75, 3.05) is 6.61 Å². The first kappa shape index (κ1) is 18.1. The average molecular weight is 343 g/mol. The number of esters is 1. The van der Waals surface area contributed by atoms with Crippen LogP contribution in [0.1, 0.15) is 25.3 Å². The third kappa shape index (κ3) is 4.88. The molecular weight excluding hydrogens is 326 g/mol. The molecule has 1 fully saturated rings. The highest BCUT2D eigenvalue weighted by Crippen LogP contribution is 2.39. The number of nitriles is 1. The Balaban J connectivity index is 1.87. The van der Waals surface area contributed by atoms with E-state index in [0.29, 0.717) is 0 Å². The fourth-order valence-electron chi connectivity index (χ4n) is 2.35. The molecule has 2 rings (SSSR count). The highest BCUT2D eigenvalue weighted by atomic mass is 16.6. The number of nitrogens with one attached hydrogen (secondary N) is 1. The molecule has 25 heavy (non-hydrogen) atoms. The Bertz CT molecular complexity index is 764. The first-order valence-electron chi connectivity index (χ1n) is 7.66. The molecule has 1 aromatic rings. The Morgan fingerprint density at radius 1 is 1.48 bits per heavy atom. The summed E-state index contributed by atoms with van der Waals surface area (Å²) in [5.41, 5.74) is -0.845. The number of hydrogen-bond donors (Lipinski definition) is 1. The van der Waals surface area contributed by atoms with Crippen LogP contribution >= 0.6 is 0 Å². The van der Waals surface area contributed by atoms with Crippen molar-refractivity contribution in [3.63, 3.8) is 0 Å². The van der Waals surface area contributed by atoms with Crippen LogP contribution in [0.2, 0.25) is 0 Å². The predicted molar refractivity (Wildman–Crippen MR) is 88.0 cm³/mol. The monoisotopic (exact) mass is 343 g/mol. The van der Waals surface area contributed by atoms with Crippen molar-refractivity contribution in [3.05, 3.63) is 46.0 Å². The van der Waals surface area contributed by atoms with E-state index in [2.05, 4.69) is 11.4 Å². The third-order valence-corrected chi connectivity index (χ3v) is 3.90. The van der Waals surface area contributed by atoms with Crippen molar-refractivity contribution in [1.82, 2.24) is 5.32 Å². The van der Waals surface area contributed by atoms with Gasteiger partial charge in [0.1, 0.15) is 5.54 Å². The van der Waals surface area contributed by atoms with Crippen LogP contribution in [0.15, 0.2) is 30.3 Å². The van der Waals surface area contributed by atoms with Crippen LogP contribution in [0.3, 0.4) is 0 Å². The maximum atomic E-state index is 11.8. The summed E-state index contributed by atoms with van der Waals surface area (Å²) < 4.78 is 4.80. The van der Waals surface area contributed by atoms with Crippen molar-refractivity contribution < 1.29 is 19.2 Å². The van der Waals surface area contributed by atoms with Crippen LogP contribution in [-0.2, 0) is 14.3 Å². The van der Waals surface area contributed by atoms with Crippen molar-refractivity contribution in [2.24, 2.45) is 5.92 Å². The molecule has 1 atom stereocenters. The highest BCUT2D eigenvalue weighted by Gasteiger charge is 2.43. The minimum atomic E-state index is -0.954. The second kappa shape index (κ2) is 7.57. The van der Waals surface area contributed by atoms with Crippen molar-refractivity contribution in [1.29, 1.82) is 5.26 Å². The number of hydrogen-bond acceptors (Lipinski definition) is 6. The number of rotatable bonds is 7. The normalized spacial score (nSPS) is 15.8. The number of carbonyl (C=O) groups excluding carboxylic acids is 2. The second-order valence-electron chi connectivity index (χ2n) is 5.89. The van der Waals surface area contributed by atoms with Crippen LogP contribution in [0, 0.1) is 27.4 Å². The maximum Gasteiger partial charge on any atom is 0.331 e. The van der Waals surface area contributed by atoms with Crippen LogP contribution in [0.5, 0.6) is 0 Å². The lowest BCUT2D eigenvalue weighted by atomic mass is 9.98. The summed E-state index contributed by atoms with van der Waals surface area (Å²) in [6.07, 6.45) is 4.02. The van der Waals surface area contributed by atoms with E-state index < -0.39 is 28.9 Å². The van der Waals surface area contributed by atoms with E-state index in [4.69, 9.17) is 10.00 Å². The fourth-order valence-corrected chi connectivity index (χ4v) is 2.35. The van der Waals surface area contributed by atoms with Gasteiger partial charge >= 0.3 is 5.97 Å². The minimum Gasteiger partial charge on any atom is -0.452 e. The van der Waals surface area contributed by atoms with Crippen LogP contribution in [0.25, 0.3) is 6.08 Å². The summed E-state index contributed by atoms with van der Waals surface area (Å²) in [7, 11) is 0. The van der Waals surface area contributed by atoms with E-state index in [-0.39, 0.29) is 17.2 Å². The predicted octanol–water partition coefficient (Wildman–Crippen LogP) is 1.96. The van der Waals surface area contributed by atoms with Crippen LogP contribution < -0.4 is 5.32 Å². The van der Waals surface area contributed by atoms with E-state index >= 15 is 0 Å². The molecule has 130 valence electrons. The van der Waals surface area contributed by atoms with Gasteiger partial charge in [0.15, 0.2) is 6.61 Å². The number of nitro benzene ring substituents is 1. The van der Waals surface area contributed by atoms with Gasteiger partial charge < -0.3 is 10.1 Å². The lowest BCUT2D eigenvalue weighted by molar-refractivity contribution is -0.385. The van der Waals surface area contributed by atoms with E-state index in [1.54, 1.807) is 13.0 Å². The summed E-state index contributed by atoms with van der Waals surface area (Å²) in [5, 5.41) is 22.6. The average Bonchev–Trinajstić information content (AvgIpc) is 3.43. The van der Waals surface area contributed by atoms with Gasteiger partial charge in [-0.1, -0.05) is 12.1 Å². The Morgan fingerprint density at radius 2 is 2.16 bits per heavy atom.